The van der Waals surface area contributed by atoms with Crippen LogP contribution in [-0.2, 0) is 13.1 Å². The van der Waals surface area contributed by atoms with Gasteiger partial charge in [0.25, 0.3) is 11.5 Å². The molecule has 11 heteroatoms. The summed E-state index contributed by atoms with van der Waals surface area (Å²) in [6, 6.07) is 8.47. The van der Waals surface area contributed by atoms with E-state index in [1.807, 2.05) is 0 Å². The fourth-order valence-electron chi connectivity index (χ4n) is 2.46. The van der Waals surface area contributed by atoms with E-state index >= 15 is 0 Å². The number of nitrogens with one attached hydrogen (secondary N) is 2. The van der Waals surface area contributed by atoms with Crippen LogP contribution in [0.4, 0.5) is 13.2 Å². The lowest BCUT2D eigenvalue weighted by Gasteiger charge is -2.10. The zero-order chi connectivity index (χ0) is 21.0. The van der Waals surface area contributed by atoms with E-state index in [0.29, 0.717) is 5.56 Å². The second kappa shape index (κ2) is 8.35. The number of hydrogen-bond donors (Lipinski definition) is 2. The van der Waals surface area contributed by atoms with Gasteiger partial charge in [0.15, 0.2) is 0 Å². The number of nitrogens with zero attached hydrogens (tertiary/aromatic N) is 1. The minimum absolute atomic E-state index is 0.0331. The van der Waals surface area contributed by atoms with Gasteiger partial charge in [-0.15, -0.1) is 24.5 Å². The highest BCUT2D eigenvalue weighted by Gasteiger charge is 2.30. The fraction of sp³-hybridized carbons (Fsp3) is 0.167. The zero-order valence-electron chi connectivity index (χ0n) is 14.7. The third kappa shape index (κ3) is 5.35. The minimum atomic E-state index is -4.79. The van der Waals surface area contributed by atoms with Crippen molar-refractivity contribution in [3.8, 4) is 5.75 Å². The lowest BCUT2D eigenvalue weighted by Crippen LogP contribution is -2.40. The van der Waals surface area contributed by atoms with Crippen molar-refractivity contribution in [2.45, 2.75) is 19.5 Å². The molecule has 0 bridgehead atoms. The van der Waals surface area contributed by atoms with E-state index in [9.17, 15) is 27.6 Å². The summed E-state index contributed by atoms with van der Waals surface area (Å²) in [4.78, 5) is 39.9. The molecule has 152 valence electrons. The fourth-order valence-corrected chi connectivity index (χ4v) is 3.16. The van der Waals surface area contributed by atoms with Gasteiger partial charge in [0.05, 0.1) is 6.54 Å². The number of aromatic amines is 1. The lowest BCUT2D eigenvalue weighted by molar-refractivity contribution is -0.274. The number of hydrogen-bond acceptors (Lipinski definition) is 5. The summed E-state index contributed by atoms with van der Waals surface area (Å²) in [5.74, 6) is -1.11. The lowest BCUT2D eigenvalue weighted by atomic mass is 10.2. The Hall–Kier alpha value is -3.34. The summed E-state index contributed by atoms with van der Waals surface area (Å²) in [6.45, 7) is 0.00223. The molecule has 2 heterocycles. The molecule has 29 heavy (non-hydrogen) atoms. The summed E-state index contributed by atoms with van der Waals surface area (Å²) in [5, 5.41) is 4.30. The summed E-state index contributed by atoms with van der Waals surface area (Å²) < 4.78 is 41.2. The van der Waals surface area contributed by atoms with E-state index in [0.717, 1.165) is 27.8 Å². The van der Waals surface area contributed by atoms with Crippen LogP contribution < -0.4 is 21.3 Å². The van der Waals surface area contributed by atoms with Gasteiger partial charge in [0.2, 0.25) is 0 Å². The van der Waals surface area contributed by atoms with Gasteiger partial charge in [-0.3, -0.25) is 14.2 Å². The highest BCUT2D eigenvalue weighted by molar-refractivity contribution is 7.09. The number of alkyl halides is 3. The van der Waals surface area contributed by atoms with E-state index in [1.54, 1.807) is 17.5 Å². The smallest absolute Gasteiger partial charge is 0.406 e. The number of halogens is 3. The van der Waals surface area contributed by atoms with E-state index in [2.05, 4.69) is 15.0 Å². The molecule has 0 radical (unpaired) electrons. The molecule has 0 aliphatic carbocycles. The Kier molecular flexibility index (Phi) is 5.87. The number of aromatic nitrogens is 2. The maximum Gasteiger partial charge on any atom is 0.573 e. The Morgan fingerprint density at radius 2 is 1.90 bits per heavy atom. The van der Waals surface area contributed by atoms with Crippen LogP contribution in [0.15, 0.2) is 57.6 Å². The van der Waals surface area contributed by atoms with Crippen molar-refractivity contribution in [3.05, 3.63) is 84.8 Å². The van der Waals surface area contributed by atoms with E-state index < -0.39 is 23.5 Å². The molecule has 0 aliphatic heterocycles. The average Bonchev–Trinajstić information content (AvgIpc) is 3.16. The van der Waals surface area contributed by atoms with E-state index in [-0.39, 0.29) is 24.4 Å². The molecule has 1 aromatic carbocycles. The van der Waals surface area contributed by atoms with Crippen LogP contribution in [0.1, 0.15) is 20.8 Å². The average molecular weight is 425 g/mol. The van der Waals surface area contributed by atoms with Gasteiger partial charge < -0.3 is 15.0 Å². The SMILES string of the molecule is O=C(NCc1ccc(OC(F)(F)F)cc1)c1c[nH]c(=O)n(Cc2cccs2)c1=O. The molecule has 1 amide bonds. The van der Waals surface area contributed by atoms with E-state index in [4.69, 9.17) is 0 Å². The van der Waals surface area contributed by atoms with Gasteiger partial charge in [-0.1, -0.05) is 18.2 Å². The summed E-state index contributed by atoms with van der Waals surface area (Å²) >= 11 is 1.37. The highest BCUT2D eigenvalue weighted by atomic mass is 32.1. The first kappa shape index (κ1) is 20.4. The number of rotatable bonds is 6. The first-order valence-electron chi connectivity index (χ1n) is 8.21. The van der Waals surface area contributed by atoms with Gasteiger partial charge in [-0.2, -0.15) is 0 Å². The number of thiophene rings is 1. The second-order valence-corrected chi connectivity index (χ2v) is 6.88. The van der Waals surface area contributed by atoms with Crippen molar-refractivity contribution in [1.29, 1.82) is 0 Å². The molecule has 0 fully saturated rings. The molecule has 0 aliphatic rings. The molecule has 3 rings (SSSR count). The molecule has 0 saturated heterocycles. The monoisotopic (exact) mass is 425 g/mol. The molecule has 0 saturated carbocycles. The maximum absolute atomic E-state index is 12.5. The Bertz CT molecular complexity index is 1100. The van der Waals surface area contributed by atoms with Crippen molar-refractivity contribution in [2.75, 3.05) is 0 Å². The number of amides is 1. The van der Waals surface area contributed by atoms with Gasteiger partial charge in [0.1, 0.15) is 11.3 Å². The number of ether oxygens (including phenoxy) is 1. The normalized spacial score (nSPS) is 11.3. The Morgan fingerprint density at radius 3 is 2.52 bits per heavy atom. The Morgan fingerprint density at radius 1 is 1.17 bits per heavy atom. The molecule has 2 N–H and O–H groups in total. The number of carbonyl (C=O) groups is 1. The minimum Gasteiger partial charge on any atom is -0.406 e. The van der Waals surface area contributed by atoms with Crippen LogP contribution in [-0.4, -0.2) is 21.8 Å². The topological polar surface area (TPSA) is 93.2 Å². The van der Waals surface area contributed by atoms with E-state index in [1.165, 1.54) is 23.5 Å². The van der Waals surface area contributed by atoms with Crippen molar-refractivity contribution >= 4 is 17.2 Å². The second-order valence-electron chi connectivity index (χ2n) is 5.85. The van der Waals surface area contributed by atoms with Crippen LogP contribution >= 0.6 is 11.3 Å². The van der Waals surface area contributed by atoms with Crippen molar-refractivity contribution < 1.29 is 22.7 Å². The first-order valence-corrected chi connectivity index (χ1v) is 9.09. The van der Waals surface area contributed by atoms with Crippen LogP contribution in [0.2, 0.25) is 0 Å². The first-order chi connectivity index (χ1) is 13.7. The van der Waals surface area contributed by atoms with Crippen molar-refractivity contribution in [2.24, 2.45) is 0 Å². The number of carbonyl (C=O) groups excluding carboxylic acids is 1. The third-order valence-electron chi connectivity index (χ3n) is 3.81. The molecule has 0 atom stereocenters. The largest absolute Gasteiger partial charge is 0.573 e. The predicted molar refractivity (Wildman–Crippen MR) is 99.0 cm³/mol. The van der Waals surface area contributed by atoms with Gasteiger partial charge in [-0.25, -0.2) is 4.79 Å². The van der Waals surface area contributed by atoms with Crippen molar-refractivity contribution in [1.82, 2.24) is 14.9 Å². The molecule has 7 nitrogen and oxygen atoms in total. The van der Waals surface area contributed by atoms with Crippen molar-refractivity contribution in [3.63, 3.8) is 0 Å². The van der Waals surface area contributed by atoms with Gasteiger partial charge in [0, 0.05) is 17.6 Å². The summed E-state index contributed by atoms with van der Waals surface area (Å²) in [6.07, 6.45) is -3.76. The summed E-state index contributed by atoms with van der Waals surface area (Å²) in [5.41, 5.74) is -1.14. The molecular formula is C18H14F3N3O4S. The van der Waals surface area contributed by atoms with Crippen LogP contribution in [0.3, 0.4) is 0 Å². The zero-order valence-corrected chi connectivity index (χ0v) is 15.5. The van der Waals surface area contributed by atoms with Gasteiger partial charge in [-0.05, 0) is 29.1 Å². The molecule has 2 aromatic heterocycles. The summed E-state index contributed by atoms with van der Waals surface area (Å²) in [7, 11) is 0. The molecule has 0 spiro atoms. The standard InChI is InChI=1S/C18H14F3N3O4S/c19-18(20,21)28-12-5-3-11(4-6-12)8-22-15(25)14-9-23-17(27)24(16(14)26)10-13-2-1-7-29-13/h1-7,9H,8,10H2,(H,22,25)(H,23,27). The Labute approximate surface area is 165 Å². The molecular weight excluding hydrogens is 411 g/mol. The predicted octanol–water partition coefficient (Wildman–Crippen LogP) is 2.48. The van der Waals surface area contributed by atoms with Gasteiger partial charge >= 0.3 is 12.1 Å². The van der Waals surface area contributed by atoms with Crippen LogP contribution in [0, 0.1) is 0 Å². The van der Waals surface area contributed by atoms with Crippen LogP contribution in [0.5, 0.6) is 5.75 Å². The highest BCUT2D eigenvalue weighted by Crippen LogP contribution is 2.22. The maximum atomic E-state index is 12.5. The molecule has 3 aromatic rings. The third-order valence-corrected chi connectivity index (χ3v) is 4.67. The number of H-pyrrole nitrogens is 1. The van der Waals surface area contributed by atoms with Crippen LogP contribution in [0.25, 0.3) is 0 Å². The quantitative estimate of drug-likeness (QED) is 0.635. The number of benzene rings is 1. The molecule has 0 unspecified atom stereocenters. The Balaban J connectivity index is 1.69.